The normalized spacial score (nSPS) is 20.8. The third kappa shape index (κ3) is 6.55. The Balaban J connectivity index is 1.53. The number of aryl methyl sites for hydroxylation is 1. The van der Waals surface area contributed by atoms with Crippen molar-refractivity contribution >= 4 is 23.2 Å². The van der Waals surface area contributed by atoms with E-state index in [1.807, 2.05) is 42.6 Å². The highest BCUT2D eigenvalue weighted by Gasteiger charge is 2.37. The Morgan fingerprint density at radius 3 is 2.30 bits per heavy atom. The number of morpholine rings is 1. The van der Waals surface area contributed by atoms with Crippen LogP contribution in [0.2, 0.25) is 0 Å². The van der Waals surface area contributed by atoms with Gasteiger partial charge in [0.25, 0.3) is 11.5 Å². The van der Waals surface area contributed by atoms with Gasteiger partial charge < -0.3 is 29.3 Å². The van der Waals surface area contributed by atoms with Gasteiger partial charge in [-0.3, -0.25) is 9.59 Å². The van der Waals surface area contributed by atoms with Crippen molar-refractivity contribution in [3.63, 3.8) is 0 Å². The lowest BCUT2D eigenvalue weighted by Crippen LogP contribution is -2.46. The lowest BCUT2D eigenvalue weighted by atomic mass is 10.0. The molecule has 0 spiro atoms. The number of hydrogen-bond acceptors (Lipinski definition) is 8. The van der Waals surface area contributed by atoms with Gasteiger partial charge in [0.1, 0.15) is 5.82 Å². The van der Waals surface area contributed by atoms with Gasteiger partial charge in [0.15, 0.2) is 0 Å². The van der Waals surface area contributed by atoms with Gasteiger partial charge in [-0.1, -0.05) is 0 Å². The molecule has 0 radical (unpaired) electrons. The van der Waals surface area contributed by atoms with Gasteiger partial charge >= 0.3 is 6.18 Å². The molecule has 3 atom stereocenters. The molecule has 1 N–H and O–H groups in total. The largest absolute Gasteiger partial charge is 0.417 e. The molecular weight excluding hydrogens is 582 g/mol. The Morgan fingerprint density at radius 2 is 1.70 bits per heavy atom. The topological polar surface area (TPSA) is 95.8 Å². The summed E-state index contributed by atoms with van der Waals surface area (Å²) < 4.78 is 63.9. The third-order valence-corrected chi connectivity index (χ3v) is 8.00. The fourth-order valence-electron chi connectivity index (χ4n) is 5.73. The van der Waals surface area contributed by atoms with Gasteiger partial charge in [0, 0.05) is 75.1 Å². The van der Waals surface area contributed by atoms with Crippen LogP contribution in [0.4, 0.5) is 34.9 Å². The minimum Gasteiger partial charge on any atom is -0.372 e. The van der Waals surface area contributed by atoms with E-state index in [2.05, 4.69) is 15.3 Å². The number of benzene rings is 1. The maximum Gasteiger partial charge on any atom is 0.417 e. The highest BCUT2D eigenvalue weighted by Crippen LogP contribution is 2.37. The van der Waals surface area contributed by atoms with Crippen LogP contribution in [0.15, 0.2) is 41.6 Å². The zero-order chi connectivity index (χ0) is 31.9. The van der Waals surface area contributed by atoms with Crippen molar-refractivity contribution in [1.29, 1.82) is 0 Å². The van der Waals surface area contributed by atoms with Gasteiger partial charge in [-0.2, -0.15) is 13.2 Å². The van der Waals surface area contributed by atoms with Crippen LogP contribution < -0.4 is 20.7 Å². The van der Waals surface area contributed by atoms with E-state index in [9.17, 15) is 22.8 Å². The number of alkyl halides is 3. The van der Waals surface area contributed by atoms with E-state index in [1.165, 1.54) is 31.6 Å². The van der Waals surface area contributed by atoms with E-state index in [0.717, 1.165) is 17.2 Å². The Bertz CT molecular complexity index is 1580. The highest BCUT2D eigenvalue weighted by atomic mass is 19.4. The fourth-order valence-corrected chi connectivity index (χ4v) is 5.73. The van der Waals surface area contributed by atoms with E-state index in [0.29, 0.717) is 49.4 Å². The fraction of sp³-hybridized carbons (Fsp3) is 0.467. The van der Waals surface area contributed by atoms with E-state index in [-0.39, 0.29) is 29.5 Å². The number of pyridine rings is 1. The molecule has 2 saturated heterocycles. The van der Waals surface area contributed by atoms with E-state index in [1.54, 1.807) is 0 Å². The second kappa shape index (κ2) is 12.2. The number of nitrogens with one attached hydrogen (secondary N) is 1. The Hall–Kier alpha value is -4.04. The van der Waals surface area contributed by atoms with Crippen molar-refractivity contribution in [2.45, 2.75) is 44.7 Å². The van der Waals surface area contributed by atoms with Crippen molar-refractivity contribution in [3.05, 3.63) is 64.1 Å². The van der Waals surface area contributed by atoms with Crippen molar-refractivity contribution < 1.29 is 27.1 Å². The van der Waals surface area contributed by atoms with Crippen LogP contribution >= 0.6 is 0 Å². The van der Waals surface area contributed by atoms with Gasteiger partial charge in [0.2, 0.25) is 5.95 Å². The molecule has 5 rings (SSSR count). The minimum atomic E-state index is -4.94. The van der Waals surface area contributed by atoms with Crippen molar-refractivity contribution in [3.8, 4) is 11.1 Å². The highest BCUT2D eigenvalue weighted by molar-refractivity contribution is 6.07. The number of hydrogen-bond donors (Lipinski definition) is 1. The Morgan fingerprint density at radius 1 is 1.05 bits per heavy atom. The number of rotatable bonds is 6. The molecule has 0 saturated carbocycles. The average Bonchev–Trinajstić information content (AvgIpc) is 3.45. The lowest BCUT2D eigenvalue weighted by Gasteiger charge is -2.35. The minimum absolute atomic E-state index is 0.0132. The number of ether oxygens (including phenoxy) is 1. The van der Waals surface area contributed by atoms with E-state index < -0.39 is 34.6 Å². The molecule has 44 heavy (non-hydrogen) atoms. The quantitative estimate of drug-likeness (QED) is 0.415. The summed E-state index contributed by atoms with van der Waals surface area (Å²) in [6.07, 6.45) is -0.395. The van der Waals surface area contributed by atoms with Crippen LogP contribution in [0.5, 0.6) is 0 Å². The first-order valence-corrected chi connectivity index (χ1v) is 14.3. The summed E-state index contributed by atoms with van der Waals surface area (Å²) in [5.74, 6) is -1.23. The smallest absolute Gasteiger partial charge is 0.372 e. The predicted octanol–water partition coefficient (Wildman–Crippen LogP) is 4.01. The predicted molar refractivity (Wildman–Crippen MR) is 159 cm³/mol. The monoisotopic (exact) mass is 617 g/mol. The maximum absolute atomic E-state index is 15.7. The van der Waals surface area contributed by atoms with Gasteiger partial charge in [-0.25, -0.2) is 14.4 Å². The molecule has 3 aromatic rings. The molecule has 4 heterocycles. The average molecular weight is 618 g/mol. The van der Waals surface area contributed by atoms with Crippen molar-refractivity contribution in [2.24, 2.45) is 7.05 Å². The molecule has 1 aromatic carbocycles. The molecule has 14 heteroatoms. The Kier molecular flexibility index (Phi) is 8.67. The first-order valence-electron chi connectivity index (χ1n) is 14.3. The van der Waals surface area contributed by atoms with Crippen molar-refractivity contribution in [2.75, 3.05) is 55.4 Å². The number of anilines is 3. The molecule has 2 aliphatic heterocycles. The molecule has 0 bridgehead atoms. The maximum atomic E-state index is 15.7. The molecule has 0 aliphatic carbocycles. The number of aromatic nitrogens is 3. The first kappa shape index (κ1) is 31.4. The van der Waals surface area contributed by atoms with Crippen LogP contribution in [0.25, 0.3) is 11.1 Å². The van der Waals surface area contributed by atoms with Gasteiger partial charge in [0.05, 0.1) is 34.7 Å². The summed E-state index contributed by atoms with van der Waals surface area (Å²) >= 11 is 0. The number of carbonyl (C=O) groups is 1. The molecule has 236 valence electrons. The summed E-state index contributed by atoms with van der Waals surface area (Å²) in [4.78, 5) is 40.2. The molecule has 1 amide bonds. The molecule has 10 nitrogen and oxygen atoms in total. The summed E-state index contributed by atoms with van der Waals surface area (Å²) in [5.41, 5.74) is -2.15. The summed E-state index contributed by atoms with van der Waals surface area (Å²) in [5, 5.41) is 2.58. The van der Waals surface area contributed by atoms with Crippen LogP contribution in [0, 0.1) is 5.82 Å². The summed E-state index contributed by atoms with van der Waals surface area (Å²) in [7, 11) is 5.12. The summed E-state index contributed by atoms with van der Waals surface area (Å²) in [6.45, 7) is 6.17. The van der Waals surface area contributed by atoms with Crippen molar-refractivity contribution in [1.82, 2.24) is 19.4 Å². The van der Waals surface area contributed by atoms with Crippen LogP contribution in [0.3, 0.4) is 0 Å². The lowest BCUT2D eigenvalue weighted by molar-refractivity contribution is -0.138. The standard InChI is InChI=1S/C30H35F4N7O3/c1-17-13-41(14-18(2)44-17)29-35-11-19(12-36-29)21-8-25(26(10-24(21)31)40-7-6-20(15-40)38(3)4)37-28(43)22-16-39(5)27(42)9-23(22)30(32,33)34/h8-12,16-18,20H,6-7,13-15H2,1-5H3,(H,37,43). The zero-order valence-electron chi connectivity index (χ0n) is 25.2. The van der Waals surface area contributed by atoms with Crippen LogP contribution in [0.1, 0.15) is 36.2 Å². The third-order valence-electron chi connectivity index (χ3n) is 8.00. The van der Waals surface area contributed by atoms with Crippen LogP contribution in [-0.4, -0.2) is 83.9 Å². The Labute approximate surface area is 252 Å². The second-order valence-corrected chi connectivity index (χ2v) is 11.6. The molecule has 2 fully saturated rings. The van der Waals surface area contributed by atoms with Gasteiger partial charge in [-0.15, -0.1) is 0 Å². The van der Waals surface area contributed by atoms with E-state index in [4.69, 9.17) is 4.74 Å². The molecule has 2 aliphatic rings. The SMILES string of the molecule is CC1CN(c2ncc(-c3cc(NC(=O)c4cn(C)c(=O)cc4C(F)(F)F)c(N4CCC(N(C)C)C4)cc3F)cn2)CC(C)O1. The molecule has 2 aromatic heterocycles. The number of amides is 1. The first-order chi connectivity index (χ1) is 20.7. The molecule has 3 unspecified atom stereocenters. The second-order valence-electron chi connectivity index (χ2n) is 11.6. The number of halogens is 4. The van der Waals surface area contributed by atoms with Crippen LogP contribution in [-0.2, 0) is 18.0 Å². The summed E-state index contributed by atoms with van der Waals surface area (Å²) in [6, 6.07) is 3.21. The number of likely N-dealkylation sites (N-methyl/N-ethyl adjacent to an activating group) is 1. The number of nitrogens with zero attached hydrogens (tertiary/aromatic N) is 6. The zero-order valence-corrected chi connectivity index (χ0v) is 25.2. The number of carbonyl (C=O) groups excluding carboxylic acids is 1. The molecular formula is C30H35F4N7O3. The van der Waals surface area contributed by atoms with E-state index >= 15 is 4.39 Å². The van der Waals surface area contributed by atoms with Gasteiger partial charge in [-0.05, 0) is 46.5 Å².